The van der Waals surface area contributed by atoms with Crippen LogP contribution >= 0.6 is 11.6 Å². The Balaban J connectivity index is 2.23. The Bertz CT molecular complexity index is 996. The number of carbonyl (C=O) groups excluding carboxylic acids is 1. The maximum Gasteiger partial charge on any atom is 0.389 e. The van der Waals surface area contributed by atoms with E-state index in [2.05, 4.69) is 5.32 Å². The molecule has 0 unspecified atom stereocenters. The lowest BCUT2D eigenvalue weighted by molar-refractivity contribution is -0.134. The number of rotatable bonds is 9. The number of nitrogens with one attached hydrogen (secondary N) is 1. The smallest absolute Gasteiger partial charge is 0.382 e. The van der Waals surface area contributed by atoms with Gasteiger partial charge in [-0.1, -0.05) is 35.9 Å². The van der Waals surface area contributed by atoms with Crippen molar-refractivity contribution in [3.05, 3.63) is 47.5 Å². The monoisotopic (exact) mass is 465 g/mol. The van der Waals surface area contributed by atoms with Crippen molar-refractivity contribution in [1.82, 2.24) is 0 Å². The van der Waals surface area contributed by atoms with E-state index in [0.29, 0.717) is 16.8 Å². The van der Waals surface area contributed by atoms with Crippen LogP contribution in [0.3, 0.4) is 0 Å². The highest BCUT2D eigenvalue weighted by molar-refractivity contribution is 7.87. The second kappa shape index (κ2) is 10.1. The molecular weight excluding hydrogens is 447 g/mol. The van der Waals surface area contributed by atoms with E-state index in [1.165, 1.54) is 25.3 Å². The molecule has 1 amide bonds. The van der Waals surface area contributed by atoms with Crippen molar-refractivity contribution in [2.24, 2.45) is 0 Å². The number of anilines is 1. The predicted octanol–water partition coefficient (Wildman–Crippen LogP) is 4.64. The van der Waals surface area contributed by atoms with Gasteiger partial charge in [0.1, 0.15) is 12.4 Å². The number of benzene rings is 2. The summed E-state index contributed by atoms with van der Waals surface area (Å²) in [6, 6.07) is 10.8. The first-order valence-corrected chi connectivity index (χ1v) is 10.6. The SMILES string of the molecule is COCC(=O)Nc1c(Cl)cccc1-c1cccc(OS(=O)(=O)CCCC(F)(F)F)c1. The topological polar surface area (TPSA) is 81.7 Å². The Morgan fingerprint density at radius 1 is 1.17 bits per heavy atom. The third-order valence-electron chi connectivity index (χ3n) is 3.78. The molecule has 0 fully saturated rings. The van der Waals surface area contributed by atoms with Gasteiger partial charge >= 0.3 is 16.3 Å². The van der Waals surface area contributed by atoms with Crippen molar-refractivity contribution in [3.8, 4) is 16.9 Å². The molecule has 0 aliphatic rings. The third-order valence-corrected chi connectivity index (χ3v) is 5.33. The van der Waals surface area contributed by atoms with Crippen LogP contribution in [0.5, 0.6) is 5.75 Å². The van der Waals surface area contributed by atoms with E-state index in [-0.39, 0.29) is 17.4 Å². The largest absolute Gasteiger partial charge is 0.389 e. The first kappa shape index (κ1) is 24.0. The number of methoxy groups -OCH3 is 1. The van der Waals surface area contributed by atoms with Crippen molar-refractivity contribution in [3.63, 3.8) is 0 Å². The van der Waals surface area contributed by atoms with Gasteiger partial charge in [-0.25, -0.2) is 0 Å². The number of halogens is 4. The summed E-state index contributed by atoms with van der Waals surface area (Å²) in [6.45, 7) is -0.190. The summed E-state index contributed by atoms with van der Waals surface area (Å²) in [5.74, 6) is -1.29. The minimum Gasteiger partial charge on any atom is -0.382 e. The Kier molecular flexibility index (Phi) is 8.10. The molecule has 0 saturated carbocycles. The number of amides is 1. The standard InChI is InChI=1S/C19H19ClF3NO5S/c1-28-12-17(25)24-18-15(7-3-8-16(18)20)13-5-2-6-14(11-13)29-30(26,27)10-4-9-19(21,22)23/h2-3,5-8,11H,4,9-10,12H2,1H3,(H,24,25). The van der Waals surface area contributed by atoms with Crippen molar-refractivity contribution in [2.75, 3.05) is 24.8 Å². The van der Waals surface area contributed by atoms with E-state index in [4.69, 9.17) is 20.5 Å². The van der Waals surface area contributed by atoms with Crippen LogP contribution in [0.1, 0.15) is 12.8 Å². The van der Waals surface area contributed by atoms with Gasteiger partial charge in [0.15, 0.2) is 0 Å². The number of para-hydroxylation sites is 1. The van der Waals surface area contributed by atoms with Crippen molar-refractivity contribution in [1.29, 1.82) is 0 Å². The summed E-state index contributed by atoms with van der Waals surface area (Å²) in [7, 11) is -2.85. The molecule has 0 spiro atoms. The molecule has 11 heteroatoms. The van der Waals surface area contributed by atoms with Gasteiger partial charge < -0.3 is 14.2 Å². The summed E-state index contributed by atoms with van der Waals surface area (Å²) in [6.07, 6.45) is -6.26. The van der Waals surface area contributed by atoms with Gasteiger partial charge in [-0.05, 0) is 30.2 Å². The van der Waals surface area contributed by atoms with Crippen LogP contribution in [0, 0.1) is 0 Å². The third kappa shape index (κ3) is 7.51. The Morgan fingerprint density at radius 2 is 1.87 bits per heavy atom. The van der Waals surface area contributed by atoms with Crippen LogP contribution in [-0.2, 0) is 19.6 Å². The van der Waals surface area contributed by atoms with Gasteiger partial charge in [-0.2, -0.15) is 21.6 Å². The van der Waals surface area contributed by atoms with Gasteiger partial charge in [-0.3, -0.25) is 4.79 Å². The second-order valence-corrected chi connectivity index (χ2v) is 8.33. The van der Waals surface area contributed by atoms with Crippen molar-refractivity contribution >= 4 is 33.3 Å². The summed E-state index contributed by atoms with van der Waals surface area (Å²) in [5.41, 5.74) is 1.27. The molecule has 30 heavy (non-hydrogen) atoms. The molecule has 0 saturated heterocycles. The fourth-order valence-corrected chi connectivity index (χ4v) is 3.75. The zero-order valence-corrected chi connectivity index (χ0v) is 17.4. The number of alkyl halides is 3. The molecular formula is C19H19ClF3NO5S. The van der Waals surface area contributed by atoms with Crippen LogP contribution in [0.4, 0.5) is 18.9 Å². The van der Waals surface area contributed by atoms with Crippen molar-refractivity contribution < 1.29 is 35.3 Å². The second-order valence-electron chi connectivity index (χ2n) is 6.24. The molecule has 2 aromatic rings. The van der Waals surface area contributed by atoms with Gasteiger partial charge in [0.2, 0.25) is 5.91 Å². The van der Waals surface area contributed by atoms with Gasteiger partial charge in [-0.15, -0.1) is 0 Å². The average molecular weight is 466 g/mol. The van der Waals surface area contributed by atoms with Crippen molar-refractivity contribution in [2.45, 2.75) is 19.0 Å². The van der Waals surface area contributed by atoms with Gasteiger partial charge in [0, 0.05) is 19.1 Å². The van der Waals surface area contributed by atoms with E-state index in [1.807, 2.05) is 0 Å². The summed E-state index contributed by atoms with van der Waals surface area (Å²) >= 11 is 6.19. The highest BCUT2D eigenvalue weighted by atomic mass is 35.5. The average Bonchev–Trinajstić information content (AvgIpc) is 2.62. The van der Waals surface area contributed by atoms with Gasteiger partial charge in [0.05, 0.1) is 16.5 Å². The fraction of sp³-hybridized carbons (Fsp3) is 0.316. The first-order chi connectivity index (χ1) is 14.0. The molecule has 2 rings (SSSR count). The number of ether oxygens (including phenoxy) is 1. The number of hydrogen-bond acceptors (Lipinski definition) is 5. The van der Waals surface area contributed by atoms with Gasteiger partial charge in [0.25, 0.3) is 0 Å². The molecule has 0 aromatic heterocycles. The Morgan fingerprint density at radius 3 is 2.53 bits per heavy atom. The van der Waals surface area contributed by atoms with Crippen LogP contribution in [0.25, 0.3) is 11.1 Å². The highest BCUT2D eigenvalue weighted by Gasteiger charge is 2.28. The van der Waals surface area contributed by atoms with E-state index in [9.17, 15) is 26.4 Å². The molecule has 6 nitrogen and oxygen atoms in total. The molecule has 0 aliphatic heterocycles. The molecule has 0 heterocycles. The normalized spacial score (nSPS) is 11.9. The zero-order valence-electron chi connectivity index (χ0n) is 15.8. The molecule has 1 N–H and O–H groups in total. The molecule has 0 atom stereocenters. The van der Waals surface area contributed by atoms with E-state index < -0.39 is 40.8 Å². The Hall–Kier alpha value is -2.30. The maximum absolute atomic E-state index is 12.2. The fourth-order valence-electron chi connectivity index (χ4n) is 2.55. The quantitative estimate of drug-likeness (QED) is 0.545. The highest BCUT2D eigenvalue weighted by Crippen LogP contribution is 2.35. The lowest BCUT2D eigenvalue weighted by Crippen LogP contribution is -2.18. The van der Waals surface area contributed by atoms with E-state index >= 15 is 0 Å². The molecule has 0 radical (unpaired) electrons. The Labute approximate surface area is 177 Å². The summed E-state index contributed by atoms with van der Waals surface area (Å²) < 4.78 is 70.4. The van der Waals surface area contributed by atoms with Crippen LogP contribution in [0.15, 0.2) is 42.5 Å². The predicted molar refractivity (Wildman–Crippen MR) is 107 cm³/mol. The summed E-state index contributed by atoms with van der Waals surface area (Å²) in [4.78, 5) is 11.9. The van der Waals surface area contributed by atoms with Crippen LogP contribution < -0.4 is 9.50 Å². The van der Waals surface area contributed by atoms with E-state index in [1.54, 1.807) is 24.3 Å². The zero-order chi connectivity index (χ0) is 22.4. The molecule has 164 valence electrons. The lowest BCUT2D eigenvalue weighted by atomic mass is 10.0. The molecule has 0 bridgehead atoms. The number of carbonyl (C=O) groups is 1. The van der Waals surface area contributed by atoms with Crippen LogP contribution in [-0.4, -0.2) is 40.0 Å². The van der Waals surface area contributed by atoms with Crippen LogP contribution in [0.2, 0.25) is 5.02 Å². The lowest BCUT2D eigenvalue weighted by Gasteiger charge is -2.14. The first-order valence-electron chi connectivity index (χ1n) is 8.67. The minimum absolute atomic E-state index is 0.0753. The minimum atomic E-state index is -4.44. The molecule has 2 aromatic carbocycles. The number of hydrogen-bond donors (Lipinski definition) is 1. The molecule has 0 aliphatic carbocycles. The maximum atomic E-state index is 12.2. The summed E-state index contributed by atoms with van der Waals surface area (Å²) in [5, 5.41) is 2.88. The van der Waals surface area contributed by atoms with E-state index in [0.717, 1.165) is 0 Å².